The van der Waals surface area contributed by atoms with Crippen LogP contribution in [0, 0.1) is 13.8 Å². The number of benzene rings is 2. The van der Waals surface area contributed by atoms with Crippen LogP contribution >= 0.6 is 0 Å². The fourth-order valence-corrected chi connectivity index (χ4v) is 3.19. The van der Waals surface area contributed by atoms with E-state index in [2.05, 4.69) is 35.5 Å². The summed E-state index contributed by atoms with van der Waals surface area (Å²) in [4.78, 5) is 12.2. The van der Waals surface area contributed by atoms with Crippen LogP contribution in [0.1, 0.15) is 41.0 Å². The molecule has 6 heteroatoms. The molecule has 1 heterocycles. The zero-order valence-electron chi connectivity index (χ0n) is 15.3. The topological polar surface area (TPSA) is 61.9 Å². The molecule has 0 aliphatic heterocycles. The summed E-state index contributed by atoms with van der Waals surface area (Å²) >= 11 is 0. The molecule has 0 saturated heterocycles. The molecule has 1 fully saturated rings. The van der Waals surface area contributed by atoms with Crippen molar-refractivity contribution in [1.82, 2.24) is 19.8 Å². The zero-order valence-corrected chi connectivity index (χ0v) is 15.3. The number of hydrogen-bond donors (Lipinski definition) is 0. The molecule has 3 aromatic rings. The Hall–Kier alpha value is -2.89. The van der Waals surface area contributed by atoms with Crippen molar-refractivity contribution in [3.63, 3.8) is 0 Å². The maximum Gasteiger partial charge on any atom is 0.368 e. The average Bonchev–Trinajstić information content (AvgIpc) is 3.42. The highest BCUT2D eigenvalue weighted by molar-refractivity contribution is 5.45. The number of rotatable bonds is 5. The fraction of sp³-hybridized carbons (Fsp3) is 0.350. The third-order valence-corrected chi connectivity index (χ3v) is 4.96. The third-order valence-electron chi connectivity index (χ3n) is 4.96. The number of tetrazole rings is 1. The van der Waals surface area contributed by atoms with Crippen molar-refractivity contribution in [3.05, 3.63) is 69.1 Å². The Bertz CT molecular complexity index is 1010. The van der Waals surface area contributed by atoms with Gasteiger partial charge in [0.1, 0.15) is 12.4 Å². The molecule has 0 spiro atoms. The maximum absolute atomic E-state index is 12.2. The van der Waals surface area contributed by atoms with E-state index in [1.54, 1.807) is 7.05 Å². The lowest BCUT2D eigenvalue weighted by Gasteiger charge is -2.14. The second-order valence-electron chi connectivity index (χ2n) is 6.96. The lowest BCUT2D eigenvalue weighted by molar-refractivity contribution is 0.302. The van der Waals surface area contributed by atoms with Crippen molar-refractivity contribution in [1.29, 1.82) is 0 Å². The summed E-state index contributed by atoms with van der Waals surface area (Å²) in [5, 5.41) is 7.76. The molecule has 6 nitrogen and oxygen atoms in total. The molecule has 1 saturated carbocycles. The van der Waals surface area contributed by atoms with Crippen LogP contribution in [0.25, 0.3) is 5.69 Å². The Labute approximate surface area is 152 Å². The summed E-state index contributed by atoms with van der Waals surface area (Å²) in [5.41, 5.74) is 4.95. The van der Waals surface area contributed by atoms with Gasteiger partial charge in [0.2, 0.25) is 0 Å². The zero-order chi connectivity index (χ0) is 18.3. The molecule has 0 N–H and O–H groups in total. The van der Waals surface area contributed by atoms with Crippen LogP contribution < -0.4 is 10.4 Å². The highest BCUT2D eigenvalue weighted by atomic mass is 16.5. The summed E-state index contributed by atoms with van der Waals surface area (Å²) in [7, 11) is 1.59. The summed E-state index contributed by atoms with van der Waals surface area (Å²) in [6, 6.07) is 12.2. The number of aryl methyl sites for hydroxylation is 3. The molecule has 0 radical (unpaired) electrons. The van der Waals surface area contributed by atoms with Crippen LogP contribution in [0.4, 0.5) is 0 Å². The minimum absolute atomic E-state index is 0.276. The average molecular weight is 350 g/mol. The Kier molecular flexibility index (Phi) is 4.11. The maximum atomic E-state index is 12.2. The van der Waals surface area contributed by atoms with Crippen LogP contribution in [0.3, 0.4) is 0 Å². The SMILES string of the molecule is Cc1cc(C2CC2)ccc1OCc1c(C)cccc1-n1nnn(C)c1=O. The van der Waals surface area contributed by atoms with Crippen molar-refractivity contribution in [2.45, 2.75) is 39.2 Å². The highest BCUT2D eigenvalue weighted by Gasteiger charge is 2.23. The smallest absolute Gasteiger partial charge is 0.368 e. The summed E-state index contributed by atoms with van der Waals surface area (Å²) < 4.78 is 8.63. The summed E-state index contributed by atoms with van der Waals surface area (Å²) in [6.07, 6.45) is 2.58. The van der Waals surface area contributed by atoms with Gasteiger partial charge in [-0.1, -0.05) is 24.3 Å². The molecule has 0 atom stereocenters. The quantitative estimate of drug-likeness (QED) is 0.709. The van der Waals surface area contributed by atoms with Crippen molar-refractivity contribution in [2.75, 3.05) is 0 Å². The first-order chi connectivity index (χ1) is 12.5. The summed E-state index contributed by atoms with van der Waals surface area (Å²) in [5.74, 6) is 1.60. The molecule has 0 amide bonds. The molecular weight excluding hydrogens is 328 g/mol. The minimum Gasteiger partial charge on any atom is -0.489 e. The number of nitrogens with zero attached hydrogens (tertiary/aromatic N) is 4. The molecule has 0 bridgehead atoms. The Morgan fingerprint density at radius 2 is 1.92 bits per heavy atom. The lowest BCUT2D eigenvalue weighted by Crippen LogP contribution is -2.23. The van der Waals surface area contributed by atoms with E-state index in [9.17, 15) is 4.79 Å². The fourth-order valence-electron chi connectivity index (χ4n) is 3.19. The van der Waals surface area contributed by atoms with Gasteiger partial charge in [-0.15, -0.1) is 0 Å². The van der Waals surface area contributed by atoms with E-state index < -0.39 is 0 Å². The molecule has 26 heavy (non-hydrogen) atoms. The molecule has 4 rings (SSSR count). The highest BCUT2D eigenvalue weighted by Crippen LogP contribution is 2.41. The first-order valence-electron chi connectivity index (χ1n) is 8.86. The van der Waals surface area contributed by atoms with E-state index in [0.717, 1.165) is 28.4 Å². The van der Waals surface area contributed by atoms with Crippen LogP contribution in [0.5, 0.6) is 5.75 Å². The van der Waals surface area contributed by atoms with Crippen molar-refractivity contribution >= 4 is 0 Å². The third kappa shape index (κ3) is 3.03. The van der Waals surface area contributed by atoms with Gasteiger partial charge >= 0.3 is 5.69 Å². The van der Waals surface area contributed by atoms with Crippen molar-refractivity contribution in [2.24, 2.45) is 7.05 Å². The minimum atomic E-state index is -0.276. The van der Waals surface area contributed by atoms with E-state index in [4.69, 9.17) is 4.74 Å². The van der Waals surface area contributed by atoms with Gasteiger partial charge in [-0.2, -0.15) is 9.36 Å². The Morgan fingerprint density at radius 1 is 1.12 bits per heavy atom. The second kappa shape index (κ2) is 6.44. The van der Waals surface area contributed by atoms with Crippen LogP contribution in [0.15, 0.2) is 41.2 Å². The largest absolute Gasteiger partial charge is 0.489 e. The van der Waals surface area contributed by atoms with Crippen molar-refractivity contribution < 1.29 is 4.74 Å². The lowest BCUT2D eigenvalue weighted by atomic mass is 10.1. The van der Waals surface area contributed by atoms with Crippen LogP contribution in [-0.2, 0) is 13.7 Å². The van der Waals surface area contributed by atoms with E-state index in [1.165, 1.54) is 27.8 Å². The summed E-state index contributed by atoms with van der Waals surface area (Å²) in [6.45, 7) is 4.45. The molecule has 2 aromatic carbocycles. The number of hydrogen-bond acceptors (Lipinski definition) is 4. The van der Waals surface area contributed by atoms with Gasteiger partial charge < -0.3 is 4.74 Å². The number of aromatic nitrogens is 4. The van der Waals surface area contributed by atoms with Crippen LogP contribution in [-0.4, -0.2) is 19.8 Å². The predicted molar refractivity (Wildman–Crippen MR) is 98.8 cm³/mol. The van der Waals surface area contributed by atoms with Gasteiger partial charge in [0.15, 0.2) is 0 Å². The number of ether oxygens (including phenoxy) is 1. The normalized spacial score (nSPS) is 13.8. The van der Waals surface area contributed by atoms with E-state index in [-0.39, 0.29) is 5.69 Å². The molecule has 1 aliphatic carbocycles. The van der Waals surface area contributed by atoms with E-state index >= 15 is 0 Å². The Balaban J connectivity index is 1.62. The van der Waals surface area contributed by atoms with E-state index in [1.807, 2.05) is 25.1 Å². The Morgan fingerprint density at radius 3 is 2.58 bits per heavy atom. The molecule has 134 valence electrons. The molecule has 1 aromatic heterocycles. The first kappa shape index (κ1) is 16.6. The molecular formula is C20H22N4O2. The second-order valence-corrected chi connectivity index (χ2v) is 6.96. The standard InChI is InChI=1S/C20H22N4O2/c1-13-5-4-6-18(24-20(25)23(3)21-22-24)17(13)12-26-19-10-9-16(11-14(19)2)15-7-8-15/h4-6,9-11,15H,7-8,12H2,1-3H3. The van der Waals surface area contributed by atoms with Gasteiger partial charge in [0.05, 0.1) is 5.69 Å². The van der Waals surface area contributed by atoms with Gasteiger partial charge in [-0.3, -0.25) is 0 Å². The van der Waals surface area contributed by atoms with Crippen LogP contribution in [0.2, 0.25) is 0 Å². The van der Waals surface area contributed by atoms with Gasteiger partial charge in [0, 0.05) is 12.6 Å². The molecule has 1 aliphatic rings. The van der Waals surface area contributed by atoms with Crippen molar-refractivity contribution in [3.8, 4) is 11.4 Å². The first-order valence-corrected chi connectivity index (χ1v) is 8.86. The molecule has 0 unspecified atom stereocenters. The van der Waals surface area contributed by atoms with Gasteiger partial charge in [-0.25, -0.2) is 4.79 Å². The predicted octanol–water partition coefficient (Wildman–Crippen LogP) is 3.04. The van der Waals surface area contributed by atoms with Gasteiger partial charge in [0.25, 0.3) is 0 Å². The van der Waals surface area contributed by atoms with E-state index in [0.29, 0.717) is 12.3 Å². The van der Waals surface area contributed by atoms with Gasteiger partial charge in [-0.05, 0) is 71.9 Å². The monoisotopic (exact) mass is 350 g/mol.